The summed E-state index contributed by atoms with van der Waals surface area (Å²) in [6, 6.07) is 5.77. The maximum absolute atomic E-state index is 13.6. The van der Waals surface area contributed by atoms with Gasteiger partial charge in [0.15, 0.2) is 6.10 Å². The first-order valence-corrected chi connectivity index (χ1v) is 7.52. The number of anilines is 1. The molecule has 0 bridgehead atoms. The van der Waals surface area contributed by atoms with Gasteiger partial charge in [-0.2, -0.15) is 0 Å². The summed E-state index contributed by atoms with van der Waals surface area (Å²) in [5.41, 5.74) is -1.05. The second-order valence-electron chi connectivity index (χ2n) is 5.30. The molecule has 0 heterocycles. The first-order chi connectivity index (χ1) is 12.7. The van der Waals surface area contributed by atoms with Crippen molar-refractivity contribution in [3.8, 4) is 5.75 Å². The van der Waals surface area contributed by atoms with E-state index in [0.29, 0.717) is 0 Å². The van der Waals surface area contributed by atoms with Crippen LogP contribution in [0.25, 0.3) is 0 Å². The third kappa shape index (κ3) is 4.75. The van der Waals surface area contributed by atoms with Crippen LogP contribution in [0.3, 0.4) is 0 Å². The molecule has 1 N–H and O–H groups in total. The molecule has 0 aliphatic rings. The van der Waals surface area contributed by atoms with Crippen molar-refractivity contribution in [1.29, 1.82) is 0 Å². The van der Waals surface area contributed by atoms with Crippen LogP contribution < -0.4 is 10.1 Å². The third-order valence-corrected chi connectivity index (χ3v) is 3.45. The number of nitrogens with one attached hydrogen (secondary N) is 1. The number of rotatable bonds is 6. The molecule has 0 aromatic heterocycles. The summed E-state index contributed by atoms with van der Waals surface area (Å²) in [5.74, 6) is -3.61. The highest BCUT2D eigenvalue weighted by molar-refractivity contribution is 5.98. The molecular formula is C17H14F2N2O6. The van der Waals surface area contributed by atoms with Gasteiger partial charge in [0.1, 0.15) is 22.9 Å². The van der Waals surface area contributed by atoms with E-state index < -0.39 is 40.2 Å². The lowest BCUT2D eigenvalue weighted by atomic mass is 10.1. The largest absolute Gasteiger partial charge is 0.496 e. The number of nitro groups is 1. The topological polar surface area (TPSA) is 108 Å². The molecule has 2 rings (SSSR count). The second-order valence-corrected chi connectivity index (χ2v) is 5.30. The van der Waals surface area contributed by atoms with Crippen LogP contribution in [0.4, 0.5) is 20.2 Å². The van der Waals surface area contributed by atoms with E-state index in [-0.39, 0.29) is 17.0 Å². The molecule has 2 aromatic rings. The maximum atomic E-state index is 13.6. The van der Waals surface area contributed by atoms with Crippen LogP contribution in [0, 0.1) is 21.7 Å². The van der Waals surface area contributed by atoms with E-state index in [1.165, 1.54) is 20.1 Å². The van der Waals surface area contributed by atoms with Gasteiger partial charge in [-0.15, -0.1) is 0 Å². The van der Waals surface area contributed by atoms with Crippen molar-refractivity contribution in [3.05, 3.63) is 63.7 Å². The van der Waals surface area contributed by atoms with E-state index in [0.717, 1.165) is 30.3 Å². The number of amides is 1. The lowest BCUT2D eigenvalue weighted by Gasteiger charge is -2.15. The van der Waals surface area contributed by atoms with E-state index in [4.69, 9.17) is 9.47 Å². The molecule has 10 heteroatoms. The van der Waals surface area contributed by atoms with E-state index in [1.807, 2.05) is 0 Å². The predicted molar refractivity (Wildman–Crippen MR) is 89.5 cm³/mol. The Labute approximate surface area is 151 Å². The molecule has 0 aliphatic heterocycles. The lowest BCUT2D eigenvalue weighted by molar-refractivity contribution is -0.384. The number of carbonyl (C=O) groups excluding carboxylic acids is 2. The van der Waals surface area contributed by atoms with E-state index in [2.05, 4.69) is 5.32 Å². The summed E-state index contributed by atoms with van der Waals surface area (Å²) in [6.07, 6.45) is -1.40. The standard InChI is InChI=1S/C17H14F2N2O6/c1-9(16(22)20-14-7-10(18)3-5-13(14)19)27-17(23)12-8-11(21(24)25)4-6-15(12)26-2/h3-9H,1-2H3,(H,20,22)/t9-/m1/s1. The molecule has 0 radical (unpaired) electrons. The van der Waals surface area contributed by atoms with Crippen molar-refractivity contribution >= 4 is 23.3 Å². The monoisotopic (exact) mass is 380 g/mol. The smallest absolute Gasteiger partial charge is 0.342 e. The number of nitro benzene ring substituents is 1. The number of benzene rings is 2. The molecule has 0 saturated carbocycles. The second kappa shape index (κ2) is 8.21. The minimum atomic E-state index is -1.40. The molecule has 0 fully saturated rings. The molecule has 0 saturated heterocycles. The molecule has 0 spiro atoms. The molecule has 27 heavy (non-hydrogen) atoms. The molecule has 0 aliphatic carbocycles. The average molecular weight is 380 g/mol. The van der Waals surface area contributed by atoms with Crippen molar-refractivity contribution in [2.24, 2.45) is 0 Å². The first kappa shape index (κ1) is 19.8. The number of ether oxygens (including phenoxy) is 2. The van der Waals surface area contributed by atoms with Gasteiger partial charge in [0, 0.05) is 18.2 Å². The fraction of sp³-hybridized carbons (Fsp3) is 0.176. The Morgan fingerprint density at radius 2 is 1.89 bits per heavy atom. The summed E-state index contributed by atoms with van der Waals surface area (Å²) >= 11 is 0. The quantitative estimate of drug-likeness (QED) is 0.469. The number of non-ortho nitro benzene ring substituents is 1. The van der Waals surface area contributed by atoms with Crippen LogP contribution in [0.2, 0.25) is 0 Å². The van der Waals surface area contributed by atoms with Crippen LogP contribution in [-0.4, -0.2) is 30.0 Å². The van der Waals surface area contributed by atoms with Gasteiger partial charge in [0.25, 0.3) is 11.6 Å². The van der Waals surface area contributed by atoms with Crippen LogP contribution in [0.15, 0.2) is 36.4 Å². The van der Waals surface area contributed by atoms with E-state index in [1.54, 1.807) is 0 Å². The first-order valence-electron chi connectivity index (χ1n) is 7.52. The van der Waals surface area contributed by atoms with Gasteiger partial charge in [-0.25, -0.2) is 13.6 Å². The third-order valence-electron chi connectivity index (χ3n) is 3.45. The Balaban J connectivity index is 2.15. The molecule has 1 amide bonds. The van der Waals surface area contributed by atoms with Gasteiger partial charge in [-0.05, 0) is 25.1 Å². The lowest BCUT2D eigenvalue weighted by Crippen LogP contribution is -2.30. The van der Waals surface area contributed by atoms with Crippen molar-refractivity contribution in [2.75, 3.05) is 12.4 Å². The Hall–Kier alpha value is -3.56. The zero-order valence-corrected chi connectivity index (χ0v) is 14.2. The number of hydrogen-bond donors (Lipinski definition) is 1. The van der Waals surface area contributed by atoms with Gasteiger partial charge >= 0.3 is 5.97 Å². The molecule has 0 unspecified atom stereocenters. The van der Waals surface area contributed by atoms with Crippen molar-refractivity contribution in [3.63, 3.8) is 0 Å². The Morgan fingerprint density at radius 3 is 2.52 bits per heavy atom. The molecule has 2 aromatic carbocycles. The van der Waals surface area contributed by atoms with Gasteiger partial charge in [0.05, 0.1) is 17.7 Å². The van der Waals surface area contributed by atoms with Crippen LogP contribution in [-0.2, 0) is 9.53 Å². The summed E-state index contributed by atoms with van der Waals surface area (Å²) < 4.78 is 36.6. The number of nitrogens with zero attached hydrogens (tertiary/aromatic N) is 1. The Bertz CT molecular complexity index is 903. The Kier molecular flexibility index (Phi) is 6.01. The fourth-order valence-corrected chi connectivity index (χ4v) is 2.07. The van der Waals surface area contributed by atoms with Gasteiger partial charge in [-0.3, -0.25) is 14.9 Å². The minimum absolute atomic E-state index is 0.00869. The molecular weight excluding hydrogens is 366 g/mol. The number of methoxy groups -OCH3 is 1. The predicted octanol–water partition coefficient (Wildman–Crippen LogP) is 3.07. The summed E-state index contributed by atoms with van der Waals surface area (Å²) in [4.78, 5) is 34.4. The highest BCUT2D eigenvalue weighted by atomic mass is 19.1. The van der Waals surface area contributed by atoms with Gasteiger partial charge < -0.3 is 14.8 Å². The molecule has 142 valence electrons. The Morgan fingerprint density at radius 1 is 1.19 bits per heavy atom. The highest BCUT2D eigenvalue weighted by Crippen LogP contribution is 2.25. The zero-order chi connectivity index (χ0) is 20.1. The van der Waals surface area contributed by atoms with Crippen LogP contribution >= 0.6 is 0 Å². The van der Waals surface area contributed by atoms with Crippen molar-refractivity contribution in [1.82, 2.24) is 0 Å². The number of halogens is 2. The van der Waals surface area contributed by atoms with Gasteiger partial charge in [-0.1, -0.05) is 0 Å². The van der Waals surface area contributed by atoms with Crippen molar-refractivity contribution < 1.29 is 32.8 Å². The maximum Gasteiger partial charge on any atom is 0.342 e. The van der Waals surface area contributed by atoms with Crippen molar-refractivity contribution in [2.45, 2.75) is 13.0 Å². The van der Waals surface area contributed by atoms with Crippen LogP contribution in [0.5, 0.6) is 5.75 Å². The normalized spacial score (nSPS) is 11.4. The number of hydrogen-bond acceptors (Lipinski definition) is 6. The number of esters is 1. The summed E-state index contributed by atoms with van der Waals surface area (Å²) in [6.45, 7) is 1.20. The van der Waals surface area contributed by atoms with Gasteiger partial charge in [0.2, 0.25) is 0 Å². The van der Waals surface area contributed by atoms with E-state index in [9.17, 15) is 28.5 Å². The van der Waals surface area contributed by atoms with E-state index >= 15 is 0 Å². The fourth-order valence-electron chi connectivity index (χ4n) is 2.07. The zero-order valence-electron chi connectivity index (χ0n) is 14.2. The SMILES string of the molecule is COc1ccc([N+](=O)[O-])cc1C(=O)O[C@H](C)C(=O)Nc1cc(F)ccc1F. The molecule has 8 nitrogen and oxygen atoms in total. The minimum Gasteiger partial charge on any atom is -0.496 e. The average Bonchev–Trinajstić information content (AvgIpc) is 2.63. The van der Waals surface area contributed by atoms with Crippen LogP contribution in [0.1, 0.15) is 17.3 Å². The highest BCUT2D eigenvalue weighted by Gasteiger charge is 2.24. The molecule has 1 atom stereocenters. The summed E-state index contributed by atoms with van der Waals surface area (Å²) in [5, 5.41) is 12.9. The number of carbonyl (C=O) groups is 2. The summed E-state index contributed by atoms with van der Waals surface area (Å²) in [7, 11) is 1.25.